The highest BCUT2D eigenvalue weighted by molar-refractivity contribution is 5.83. The van der Waals surface area contributed by atoms with Crippen molar-refractivity contribution in [2.75, 3.05) is 27.0 Å². The van der Waals surface area contributed by atoms with Gasteiger partial charge in [-0.05, 0) is 37.1 Å². The molecule has 7 nitrogen and oxygen atoms in total. The lowest BCUT2D eigenvalue weighted by Gasteiger charge is -2.30. The van der Waals surface area contributed by atoms with Gasteiger partial charge in [0.15, 0.2) is 11.5 Å². The van der Waals surface area contributed by atoms with E-state index in [1.807, 2.05) is 18.2 Å². The molecule has 2 aliphatic rings. The first kappa shape index (κ1) is 19.0. The molecular formula is C23H23NO6. The Labute approximate surface area is 173 Å². The fourth-order valence-electron chi connectivity index (χ4n) is 4.02. The van der Waals surface area contributed by atoms with Gasteiger partial charge >= 0.3 is 0 Å². The summed E-state index contributed by atoms with van der Waals surface area (Å²) in [4.78, 5) is 15.3. The molecule has 0 N–H and O–H groups in total. The number of ether oxygens (including phenoxy) is 4. The van der Waals surface area contributed by atoms with Crippen molar-refractivity contribution in [1.29, 1.82) is 0 Å². The Balaban J connectivity index is 1.46. The van der Waals surface area contributed by atoms with Crippen molar-refractivity contribution in [3.05, 3.63) is 58.4 Å². The number of para-hydroxylation sites is 2. The van der Waals surface area contributed by atoms with Crippen molar-refractivity contribution >= 4 is 11.0 Å². The summed E-state index contributed by atoms with van der Waals surface area (Å²) in [7, 11) is 1.56. The third-order valence-electron chi connectivity index (χ3n) is 5.53. The Hall–Kier alpha value is -3.03. The summed E-state index contributed by atoms with van der Waals surface area (Å²) in [5, 5.41) is 0.462. The number of hydrogen-bond acceptors (Lipinski definition) is 7. The van der Waals surface area contributed by atoms with Crippen molar-refractivity contribution in [1.82, 2.24) is 4.90 Å². The second-order valence-electron chi connectivity index (χ2n) is 7.52. The van der Waals surface area contributed by atoms with E-state index in [9.17, 15) is 4.79 Å². The van der Waals surface area contributed by atoms with E-state index in [4.69, 9.17) is 23.4 Å². The van der Waals surface area contributed by atoms with Crippen LogP contribution in [-0.2, 0) is 11.3 Å². The number of nitrogens with zero attached hydrogens (tertiary/aromatic N) is 1. The van der Waals surface area contributed by atoms with Crippen LogP contribution in [0.5, 0.6) is 23.0 Å². The normalized spacial score (nSPS) is 18.8. The monoisotopic (exact) mass is 409 g/mol. The molecule has 1 fully saturated rings. The molecule has 0 spiro atoms. The van der Waals surface area contributed by atoms with Crippen molar-refractivity contribution in [3.63, 3.8) is 0 Å². The summed E-state index contributed by atoms with van der Waals surface area (Å²) in [6.07, 6.45) is 3.76. The SMILES string of the molecule is COc1ccccc1Oc1coc2c3c(ccc2c1=O)OCN(C[C@@H]1CCCO1)C3. The topological polar surface area (TPSA) is 70.4 Å². The predicted octanol–water partition coefficient (Wildman–Crippen LogP) is 3.92. The third kappa shape index (κ3) is 3.51. The van der Waals surface area contributed by atoms with Crippen LogP contribution < -0.4 is 19.6 Å². The molecule has 0 saturated carbocycles. The average Bonchev–Trinajstić information content (AvgIpc) is 3.29. The minimum absolute atomic E-state index is 0.111. The summed E-state index contributed by atoms with van der Waals surface area (Å²) < 4.78 is 28.6. The maximum atomic E-state index is 13.1. The second kappa shape index (κ2) is 8.01. The Morgan fingerprint density at radius 3 is 2.80 bits per heavy atom. The van der Waals surface area contributed by atoms with Gasteiger partial charge in [0.05, 0.1) is 24.2 Å². The fraction of sp³-hybridized carbons (Fsp3) is 0.348. The van der Waals surface area contributed by atoms with Crippen molar-refractivity contribution < 1.29 is 23.4 Å². The molecule has 3 aromatic rings. The molecular weight excluding hydrogens is 386 g/mol. The molecule has 30 heavy (non-hydrogen) atoms. The number of fused-ring (bicyclic) bond motifs is 3. The lowest BCUT2D eigenvalue weighted by molar-refractivity contribution is 0.0281. The first-order chi connectivity index (χ1) is 14.7. The van der Waals surface area contributed by atoms with E-state index in [0.29, 0.717) is 35.7 Å². The van der Waals surface area contributed by atoms with Gasteiger partial charge in [-0.15, -0.1) is 0 Å². The first-order valence-corrected chi connectivity index (χ1v) is 10.1. The molecule has 5 rings (SSSR count). The van der Waals surface area contributed by atoms with Gasteiger partial charge in [-0.25, -0.2) is 0 Å². The quantitative estimate of drug-likeness (QED) is 0.632. The summed E-state index contributed by atoms with van der Waals surface area (Å²) in [5.74, 6) is 1.85. The Morgan fingerprint density at radius 2 is 2.00 bits per heavy atom. The van der Waals surface area contributed by atoms with Crippen LogP contribution in [0.15, 0.2) is 51.9 Å². The zero-order chi connectivity index (χ0) is 20.5. The number of benzene rings is 2. The summed E-state index contributed by atoms with van der Waals surface area (Å²) >= 11 is 0. The van der Waals surface area contributed by atoms with Gasteiger partial charge in [0.25, 0.3) is 0 Å². The molecule has 3 heterocycles. The fourth-order valence-corrected chi connectivity index (χ4v) is 4.02. The zero-order valence-corrected chi connectivity index (χ0v) is 16.8. The van der Waals surface area contributed by atoms with Crippen molar-refractivity contribution in [3.8, 4) is 23.0 Å². The van der Waals surface area contributed by atoms with Gasteiger partial charge in [-0.1, -0.05) is 12.1 Å². The highest BCUT2D eigenvalue weighted by Gasteiger charge is 2.26. The van der Waals surface area contributed by atoms with Gasteiger partial charge in [0.2, 0.25) is 11.2 Å². The Kier molecular flexibility index (Phi) is 5.06. The van der Waals surface area contributed by atoms with Gasteiger partial charge in [-0.3, -0.25) is 9.69 Å². The molecule has 2 aromatic carbocycles. The predicted molar refractivity (Wildman–Crippen MR) is 110 cm³/mol. The van der Waals surface area contributed by atoms with Gasteiger partial charge < -0.3 is 23.4 Å². The van der Waals surface area contributed by atoms with Crippen LogP contribution in [-0.4, -0.2) is 38.0 Å². The van der Waals surface area contributed by atoms with E-state index >= 15 is 0 Å². The maximum absolute atomic E-state index is 13.1. The lowest BCUT2D eigenvalue weighted by atomic mass is 10.1. The molecule has 2 aliphatic heterocycles. The molecule has 0 radical (unpaired) electrons. The van der Waals surface area contributed by atoms with E-state index in [0.717, 1.165) is 37.3 Å². The summed E-state index contributed by atoms with van der Waals surface area (Å²) in [6.45, 7) is 2.76. The van der Waals surface area contributed by atoms with E-state index in [1.165, 1.54) is 6.26 Å². The Morgan fingerprint density at radius 1 is 1.13 bits per heavy atom. The van der Waals surface area contributed by atoms with E-state index in [1.54, 1.807) is 25.3 Å². The van der Waals surface area contributed by atoms with Crippen LogP contribution in [0.2, 0.25) is 0 Å². The number of methoxy groups -OCH3 is 1. The molecule has 0 amide bonds. The van der Waals surface area contributed by atoms with Crippen LogP contribution in [0.3, 0.4) is 0 Å². The lowest BCUT2D eigenvalue weighted by Crippen LogP contribution is -2.37. The molecule has 1 saturated heterocycles. The molecule has 0 unspecified atom stereocenters. The zero-order valence-electron chi connectivity index (χ0n) is 16.8. The molecule has 156 valence electrons. The molecule has 0 aliphatic carbocycles. The maximum Gasteiger partial charge on any atom is 0.235 e. The average molecular weight is 409 g/mol. The standard InChI is InChI=1S/C23H23NO6/c1-26-19-6-2-3-7-20(19)30-21-13-28-23-16(22(21)25)8-9-18-17(23)12-24(14-29-18)11-15-5-4-10-27-15/h2-3,6-9,13,15H,4-5,10-12,14H2,1H3/t15-/m0/s1. The largest absolute Gasteiger partial charge is 0.493 e. The molecule has 1 atom stereocenters. The van der Waals surface area contributed by atoms with Crippen molar-refractivity contribution in [2.45, 2.75) is 25.5 Å². The number of hydrogen-bond donors (Lipinski definition) is 0. The van der Waals surface area contributed by atoms with Gasteiger partial charge in [0, 0.05) is 19.7 Å². The van der Waals surface area contributed by atoms with Crippen LogP contribution >= 0.6 is 0 Å². The van der Waals surface area contributed by atoms with Crippen LogP contribution in [0, 0.1) is 0 Å². The summed E-state index contributed by atoms with van der Waals surface area (Å²) in [6, 6.07) is 10.7. The molecule has 0 bridgehead atoms. The van der Waals surface area contributed by atoms with E-state index in [2.05, 4.69) is 4.90 Å². The second-order valence-corrected chi connectivity index (χ2v) is 7.52. The summed E-state index contributed by atoms with van der Waals surface area (Å²) in [5.41, 5.74) is 1.17. The van der Waals surface area contributed by atoms with Crippen LogP contribution in [0.1, 0.15) is 18.4 Å². The Bertz CT molecular complexity index is 1120. The number of rotatable bonds is 5. The van der Waals surface area contributed by atoms with E-state index < -0.39 is 0 Å². The van der Waals surface area contributed by atoms with E-state index in [-0.39, 0.29) is 17.3 Å². The van der Waals surface area contributed by atoms with Gasteiger partial charge in [0.1, 0.15) is 24.3 Å². The van der Waals surface area contributed by atoms with Gasteiger partial charge in [-0.2, -0.15) is 0 Å². The van der Waals surface area contributed by atoms with Crippen molar-refractivity contribution in [2.24, 2.45) is 0 Å². The molecule has 7 heteroatoms. The third-order valence-corrected chi connectivity index (χ3v) is 5.53. The molecule has 1 aromatic heterocycles. The minimum atomic E-state index is -0.235. The van der Waals surface area contributed by atoms with Crippen LogP contribution in [0.4, 0.5) is 0 Å². The first-order valence-electron chi connectivity index (χ1n) is 10.1. The smallest absolute Gasteiger partial charge is 0.235 e. The highest BCUT2D eigenvalue weighted by atomic mass is 16.5. The minimum Gasteiger partial charge on any atom is -0.493 e. The van der Waals surface area contributed by atoms with Crippen LogP contribution in [0.25, 0.3) is 11.0 Å². The highest BCUT2D eigenvalue weighted by Crippen LogP contribution is 2.34.